The van der Waals surface area contributed by atoms with Crippen molar-refractivity contribution in [1.82, 2.24) is 20.2 Å². The molecule has 0 saturated carbocycles. The van der Waals surface area contributed by atoms with Gasteiger partial charge in [-0.2, -0.15) is 4.80 Å². The van der Waals surface area contributed by atoms with Crippen LogP contribution in [0.1, 0.15) is 15.9 Å². The van der Waals surface area contributed by atoms with Crippen molar-refractivity contribution in [1.29, 1.82) is 0 Å². The Morgan fingerprint density at radius 2 is 2.14 bits per heavy atom. The lowest BCUT2D eigenvalue weighted by atomic mass is 10.1. The van der Waals surface area contributed by atoms with Crippen LogP contribution in [0.15, 0.2) is 22.2 Å². The van der Waals surface area contributed by atoms with Gasteiger partial charge in [-0.1, -0.05) is 23.4 Å². The fourth-order valence-electron chi connectivity index (χ4n) is 1.78. The molecule has 0 unspecified atom stereocenters. The van der Waals surface area contributed by atoms with Crippen LogP contribution in [0.4, 0.5) is 0 Å². The molecule has 0 aliphatic carbocycles. The molecule has 11 heteroatoms. The molecular formula is C11H11ClN4O4S2. The number of nitrogens with zero attached hydrogens (tertiary/aromatic N) is 4. The SMILES string of the molecule is CSc1nnn(Cc2c(S(C)(=O)=O)ccc(C(=O)O)c2Cl)n1. The summed E-state index contributed by atoms with van der Waals surface area (Å²) in [5.74, 6) is -1.25. The van der Waals surface area contributed by atoms with Crippen molar-refractivity contribution in [2.75, 3.05) is 12.5 Å². The van der Waals surface area contributed by atoms with Crippen LogP contribution in [0.25, 0.3) is 0 Å². The van der Waals surface area contributed by atoms with Gasteiger partial charge in [0.25, 0.3) is 0 Å². The first-order valence-electron chi connectivity index (χ1n) is 5.80. The van der Waals surface area contributed by atoms with E-state index in [4.69, 9.17) is 16.7 Å². The average Bonchev–Trinajstić information content (AvgIpc) is 2.87. The summed E-state index contributed by atoms with van der Waals surface area (Å²) in [5.41, 5.74) is -0.0663. The Labute approximate surface area is 135 Å². The van der Waals surface area contributed by atoms with Crippen molar-refractivity contribution in [3.63, 3.8) is 0 Å². The summed E-state index contributed by atoms with van der Waals surface area (Å²) in [4.78, 5) is 12.2. The van der Waals surface area contributed by atoms with E-state index in [-0.39, 0.29) is 27.6 Å². The van der Waals surface area contributed by atoms with Gasteiger partial charge in [0.1, 0.15) is 0 Å². The number of carboxylic acid groups (broad SMARTS) is 1. The van der Waals surface area contributed by atoms with Gasteiger partial charge in [0.05, 0.1) is 22.0 Å². The maximum atomic E-state index is 11.9. The molecule has 0 saturated heterocycles. The highest BCUT2D eigenvalue weighted by atomic mass is 35.5. The van der Waals surface area contributed by atoms with Crippen molar-refractivity contribution in [2.45, 2.75) is 16.6 Å². The van der Waals surface area contributed by atoms with E-state index in [1.165, 1.54) is 17.8 Å². The molecule has 8 nitrogen and oxygen atoms in total. The Hall–Kier alpha value is -1.65. The van der Waals surface area contributed by atoms with E-state index in [9.17, 15) is 13.2 Å². The third-order valence-electron chi connectivity index (χ3n) is 2.75. The van der Waals surface area contributed by atoms with E-state index in [2.05, 4.69) is 15.4 Å². The zero-order chi connectivity index (χ0) is 16.5. The molecular weight excluding hydrogens is 352 g/mol. The van der Waals surface area contributed by atoms with E-state index >= 15 is 0 Å². The van der Waals surface area contributed by atoms with Crippen LogP contribution in [0, 0.1) is 0 Å². The summed E-state index contributed by atoms with van der Waals surface area (Å²) >= 11 is 7.34. The molecule has 0 bridgehead atoms. The zero-order valence-electron chi connectivity index (χ0n) is 11.5. The first-order valence-corrected chi connectivity index (χ1v) is 9.30. The summed E-state index contributed by atoms with van der Waals surface area (Å²) in [6.07, 6.45) is 2.78. The lowest BCUT2D eigenvalue weighted by Crippen LogP contribution is -2.12. The molecule has 0 radical (unpaired) electrons. The highest BCUT2D eigenvalue weighted by Gasteiger charge is 2.22. The number of rotatable bonds is 5. The third-order valence-corrected chi connectivity index (χ3v) is 4.89. The summed E-state index contributed by atoms with van der Waals surface area (Å²) < 4.78 is 23.7. The first kappa shape index (κ1) is 16.7. The summed E-state index contributed by atoms with van der Waals surface area (Å²) in [5, 5.41) is 20.9. The molecule has 1 aromatic carbocycles. The number of thioether (sulfide) groups is 1. The second kappa shape index (κ2) is 6.23. The van der Waals surface area contributed by atoms with Gasteiger partial charge in [0.2, 0.25) is 5.16 Å². The number of carbonyl (C=O) groups is 1. The highest BCUT2D eigenvalue weighted by molar-refractivity contribution is 7.98. The van der Waals surface area contributed by atoms with Crippen LogP contribution in [0.2, 0.25) is 5.02 Å². The van der Waals surface area contributed by atoms with Crippen LogP contribution in [0.3, 0.4) is 0 Å². The minimum atomic E-state index is -3.59. The smallest absolute Gasteiger partial charge is 0.337 e. The van der Waals surface area contributed by atoms with Crippen molar-refractivity contribution in [2.24, 2.45) is 0 Å². The highest BCUT2D eigenvalue weighted by Crippen LogP contribution is 2.28. The lowest BCUT2D eigenvalue weighted by Gasteiger charge is -2.11. The quantitative estimate of drug-likeness (QED) is 0.789. The topological polar surface area (TPSA) is 115 Å². The Morgan fingerprint density at radius 1 is 1.45 bits per heavy atom. The van der Waals surface area contributed by atoms with Gasteiger partial charge >= 0.3 is 5.97 Å². The van der Waals surface area contributed by atoms with E-state index < -0.39 is 15.8 Å². The normalized spacial score (nSPS) is 11.6. The predicted octanol–water partition coefficient (Wildman–Crippen LogP) is 1.20. The number of tetrazole rings is 1. The van der Waals surface area contributed by atoms with Crippen molar-refractivity contribution in [3.05, 3.63) is 28.3 Å². The Balaban J connectivity index is 2.59. The van der Waals surface area contributed by atoms with Crippen LogP contribution < -0.4 is 0 Å². The number of sulfone groups is 1. The summed E-state index contributed by atoms with van der Waals surface area (Å²) in [6, 6.07) is 2.37. The molecule has 0 atom stereocenters. The van der Waals surface area contributed by atoms with Crippen molar-refractivity contribution < 1.29 is 18.3 Å². The van der Waals surface area contributed by atoms with Crippen LogP contribution in [-0.4, -0.2) is 52.2 Å². The van der Waals surface area contributed by atoms with Crippen molar-refractivity contribution in [3.8, 4) is 0 Å². The van der Waals surface area contributed by atoms with Gasteiger partial charge in [0.15, 0.2) is 9.84 Å². The van der Waals surface area contributed by atoms with Crippen molar-refractivity contribution >= 4 is 39.2 Å². The molecule has 1 N–H and O–H groups in total. The number of aromatic nitrogens is 4. The fourth-order valence-corrected chi connectivity index (χ4v) is 3.37. The number of halogens is 1. The maximum absolute atomic E-state index is 11.9. The van der Waals surface area contributed by atoms with E-state index in [0.717, 1.165) is 17.1 Å². The van der Waals surface area contributed by atoms with E-state index in [1.807, 2.05) is 0 Å². The van der Waals surface area contributed by atoms with E-state index in [0.29, 0.717) is 5.16 Å². The number of benzene rings is 1. The lowest BCUT2D eigenvalue weighted by molar-refractivity contribution is 0.0697. The molecule has 118 valence electrons. The molecule has 2 aromatic rings. The van der Waals surface area contributed by atoms with Gasteiger partial charge in [-0.15, -0.1) is 10.2 Å². The molecule has 0 aliphatic rings. The Kier molecular flexibility index (Phi) is 4.73. The van der Waals surface area contributed by atoms with Crippen LogP contribution in [-0.2, 0) is 16.4 Å². The van der Waals surface area contributed by atoms with Gasteiger partial charge in [-0.3, -0.25) is 0 Å². The molecule has 22 heavy (non-hydrogen) atoms. The minimum absolute atomic E-state index is 0.0644. The minimum Gasteiger partial charge on any atom is -0.478 e. The maximum Gasteiger partial charge on any atom is 0.337 e. The molecule has 0 amide bonds. The largest absolute Gasteiger partial charge is 0.478 e. The van der Waals surface area contributed by atoms with Crippen LogP contribution >= 0.6 is 23.4 Å². The number of aromatic carboxylic acids is 1. The number of carboxylic acids is 1. The molecule has 1 heterocycles. The second-order valence-corrected chi connectivity index (χ2v) is 7.42. The fraction of sp³-hybridized carbons (Fsp3) is 0.273. The summed E-state index contributed by atoms with van der Waals surface area (Å²) in [7, 11) is -3.59. The number of hydrogen-bond donors (Lipinski definition) is 1. The van der Waals surface area contributed by atoms with E-state index in [1.54, 1.807) is 6.26 Å². The van der Waals surface area contributed by atoms with Crippen LogP contribution in [0.5, 0.6) is 0 Å². The third kappa shape index (κ3) is 3.39. The average molecular weight is 363 g/mol. The second-order valence-electron chi connectivity index (χ2n) is 4.29. The Bertz CT molecular complexity index is 835. The molecule has 0 spiro atoms. The Morgan fingerprint density at radius 3 is 2.64 bits per heavy atom. The number of hydrogen-bond acceptors (Lipinski definition) is 7. The standard InChI is InChI=1S/C11H11ClN4O4S2/c1-21-11-13-15-16(14-11)5-7-8(22(2,19)20)4-3-6(9(7)12)10(17)18/h3-4H,5H2,1-2H3,(H,17,18). The molecule has 1 aromatic heterocycles. The molecule has 2 rings (SSSR count). The first-order chi connectivity index (χ1) is 10.2. The van der Waals surface area contributed by atoms with Gasteiger partial charge in [-0.05, 0) is 23.6 Å². The van der Waals surface area contributed by atoms with Gasteiger partial charge < -0.3 is 5.11 Å². The van der Waals surface area contributed by atoms with Gasteiger partial charge in [-0.25, -0.2) is 13.2 Å². The molecule has 0 aliphatic heterocycles. The predicted molar refractivity (Wildman–Crippen MR) is 80.2 cm³/mol. The summed E-state index contributed by atoms with van der Waals surface area (Å²) in [6.45, 7) is -0.101. The monoisotopic (exact) mass is 362 g/mol. The van der Waals surface area contributed by atoms with Gasteiger partial charge in [0, 0.05) is 11.8 Å². The zero-order valence-corrected chi connectivity index (χ0v) is 13.9. The molecule has 0 fully saturated rings.